The predicted octanol–water partition coefficient (Wildman–Crippen LogP) is 0.995. The second kappa shape index (κ2) is 5.07. The molecule has 0 aliphatic rings. The van der Waals surface area contributed by atoms with Gasteiger partial charge in [0.15, 0.2) is 5.69 Å². The second-order valence-electron chi connectivity index (χ2n) is 3.49. The minimum absolute atomic E-state index is 0.345. The molecule has 0 aromatic heterocycles. The lowest BCUT2D eigenvalue weighted by atomic mass is 10.1. The fourth-order valence-electron chi connectivity index (χ4n) is 1.34. The van der Waals surface area contributed by atoms with Gasteiger partial charge in [0.25, 0.3) is 10.1 Å². The first kappa shape index (κ1) is 12.6. The van der Waals surface area contributed by atoms with Crippen molar-refractivity contribution in [1.82, 2.24) is 0 Å². The van der Waals surface area contributed by atoms with Gasteiger partial charge in [0, 0.05) is 6.04 Å². The predicted molar refractivity (Wildman–Crippen MR) is 60.8 cm³/mol. The number of rotatable bonds is 4. The SMILES string of the molecule is [C-]#[N+]c1ccc(C[C@H](N)CS(=O)(=O)O)cc1. The summed E-state index contributed by atoms with van der Waals surface area (Å²) in [7, 11) is -4.03. The fourth-order valence-corrected chi connectivity index (χ4v) is 2.00. The third kappa shape index (κ3) is 4.40. The Bertz CT molecular complexity index is 488. The van der Waals surface area contributed by atoms with Gasteiger partial charge in [-0.25, -0.2) is 4.85 Å². The molecular formula is C10H12N2O3S. The van der Waals surface area contributed by atoms with Gasteiger partial charge in [0.05, 0.1) is 12.3 Å². The Morgan fingerprint density at radius 2 is 1.94 bits per heavy atom. The molecule has 5 nitrogen and oxygen atoms in total. The van der Waals surface area contributed by atoms with E-state index in [1.807, 2.05) is 0 Å². The summed E-state index contributed by atoms with van der Waals surface area (Å²) in [5.74, 6) is -0.461. The van der Waals surface area contributed by atoms with E-state index in [0.29, 0.717) is 12.1 Å². The molecule has 0 fully saturated rings. The molecule has 0 radical (unpaired) electrons. The smallest absolute Gasteiger partial charge is 0.266 e. The maximum atomic E-state index is 10.6. The molecule has 86 valence electrons. The van der Waals surface area contributed by atoms with E-state index in [0.717, 1.165) is 5.56 Å². The molecule has 0 saturated heterocycles. The molecular weight excluding hydrogens is 228 g/mol. The number of benzene rings is 1. The second-order valence-corrected chi connectivity index (χ2v) is 4.99. The quantitative estimate of drug-likeness (QED) is 0.607. The highest BCUT2D eigenvalue weighted by Gasteiger charge is 2.13. The third-order valence-electron chi connectivity index (χ3n) is 1.99. The Morgan fingerprint density at radius 3 is 2.38 bits per heavy atom. The van der Waals surface area contributed by atoms with Crippen LogP contribution in [0.2, 0.25) is 0 Å². The van der Waals surface area contributed by atoms with Crippen LogP contribution < -0.4 is 5.73 Å². The van der Waals surface area contributed by atoms with Gasteiger partial charge >= 0.3 is 0 Å². The Labute approximate surface area is 94.5 Å². The van der Waals surface area contributed by atoms with E-state index < -0.39 is 21.9 Å². The minimum Gasteiger partial charge on any atom is -0.326 e. The van der Waals surface area contributed by atoms with E-state index in [2.05, 4.69) is 4.85 Å². The molecule has 0 heterocycles. The van der Waals surface area contributed by atoms with Crippen LogP contribution in [-0.4, -0.2) is 24.8 Å². The summed E-state index contributed by atoms with van der Waals surface area (Å²) < 4.78 is 29.7. The number of nitrogens with zero attached hydrogens (tertiary/aromatic N) is 1. The fraction of sp³-hybridized carbons (Fsp3) is 0.300. The molecule has 16 heavy (non-hydrogen) atoms. The van der Waals surface area contributed by atoms with Crippen LogP contribution in [0.15, 0.2) is 24.3 Å². The van der Waals surface area contributed by atoms with Crippen molar-refractivity contribution in [2.45, 2.75) is 12.5 Å². The van der Waals surface area contributed by atoms with Gasteiger partial charge in [0.2, 0.25) is 0 Å². The molecule has 0 saturated carbocycles. The summed E-state index contributed by atoms with van der Waals surface area (Å²) in [5, 5.41) is 0. The highest BCUT2D eigenvalue weighted by atomic mass is 32.2. The molecule has 1 aromatic carbocycles. The van der Waals surface area contributed by atoms with Crippen LogP contribution >= 0.6 is 0 Å². The van der Waals surface area contributed by atoms with E-state index in [1.54, 1.807) is 24.3 Å². The first-order valence-corrected chi connectivity index (χ1v) is 6.19. The van der Waals surface area contributed by atoms with Gasteiger partial charge in [-0.1, -0.05) is 24.3 Å². The third-order valence-corrected chi connectivity index (χ3v) is 2.84. The monoisotopic (exact) mass is 240 g/mol. The Hall–Kier alpha value is -1.42. The molecule has 0 bridgehead atoms. The molecule has 0 aliphatic heterocycles. The summed E-state index contributed by atoms with van der Waals surface area (Å²) in [6.45, 7) is 6.76. The van der Waals surface area contributed by atoms with E-state index >= 15 is 0 Å². The maximum absolute atomic E-state index is 10.6. The zero-order valence-electron chi connectivity index (χ0n) is 8.50. The van der Waals surface area contributed by atoms with Gasteiger partial charge in [0.1, 0.15) is 0 Å². The zero-order valence-corrected chi connectivity index (χ0v) is 9.31. The molecule has 1 rings (SSSR count). The van der Waals surface area contributed by atoms with Crippen molar-refractivity contribution < 1.29 is 13.0 Å². The summed E-state index contributed by atoms with van der Waals surface area (Å²) in [4.78, 5) is 3.23. The van der Waals surface area contributed by atoms with Crippen LogP contribution in [0.1, 0.15) is 5.56 Å². The van der Waals surface area contributed by atoms with E-state index in [9.17, 15) is 8.42 Å². The van der Waals surface area contributed by atoms with Crippen molar-refractivity contribution in [2.75, 3.05) is 5.75 Å². The van der Waals surface area contributed by atoms with Crippen LogP contribution in [-0.2, 0) is 16.5 Å². The standard InChI is InChI=1S/C10H12N2O3S/c1-12-10-4-2-8(3-5-10)6-9(11)7-16(13,14)15/h2-5,9H,6-7,11H2,(H,13,14,15)/t9-/m0/s1. The average molecular weight is 240 g/mol. The van der Waals surface area contributed by atoms with Crippen LogP contribution in [0.4, 0.5) is 5.69 Å². The lowest BCUT2D eigenvalue weighted by Crippen LogP contribution is -2.31. The van der Waals surface area contributed by atoms with Crippen molar-refractivity contribution in [3.8, 4) is 0 Å². The number of hydrogen-bond donors (Lipinski definition) is 2. The summed E-state index contributed by atoms with van der Waals surface area (Å²) >= 11 is 0. The normalized spacial score (nSPS) is 13.1. The van der Waals surface area contributed by atoms with Gasteiger partial charge in [-0.3, -0.25) is 4.55 Å². The van der Waals surface area contributed by atoms with Crippen molar-refractivity contribution >= 4 is 15.8 Å². The molecule has 1 aromatic rings. The lowest BCUT2D eigenvalue weighted by Gasteiger charge is -2.09. The molecule has 1 atom stereocenters. The molecule has 0 aliphatic carbocycles. The Morgan fingerprint density at radius 1 is 1.38 bits per heavy atom. The van der Waals surface area contributed by atoms with Gasteiger partial charge in [-0.2, -0.15) is 8.42 Å². The molecule has 0 unspecified atom stereocenters. The first-order valence-electron chi connectivity index (χ1n) is 4.58. The summed E-state index contributed by atoms with van der Waals surface area (Å²) in [6.07, 6.45) is 0.345. The van der Waals surface area contributed by atoms with Crippen LogP contribution in [0.3, 0.4) is 0 Å². The maximum Gasteiger partial charge on any atom is 0.266 e. The van der Waals surface area contributed by atoms with Crippen molar-refractivity contribution in [2.24, 2.45) is 5.73 Å². The topological polar surface area (TPSA) is 84.8 Å². The summed E-state index contributed by atoms with van der Waals surface area (Å²) in [5.41, 5.74) is 6.92. The van der Waals surface area contributed by atoms with Crippen LogP contribution in [0.5, 0.6) is 0 Å². The van der Waals surface area contributed by atoms with Crippen LogP contribution in [0, 0.1) is 6.57 Å². The Kier molecular flexibility index (Phi) is 4.01. The molecule has 3 N–H and O–H groups in total. The van der Waals surface area contributed by atoms with Gasteiger partial charge < -0.3 is 5.73 Å². The van der Waals surface area contributed by atoms with Gasteiger partial charge in [-0.05, 0) is 12.0 Å². The molecule has 0 spiro atoms. The van der Waals surface area contributed by atoms with Gasteiger partial charge in [-0.15, -0.1) is 0 Å². The van der Waals surface area contributed by atoms with E-state index in [4.69, 9.17) is 16.9 Å². The largest absolute Gasteiger partial charge is 0.326 e. The highest BCUT2D eigenvalue weighted by Crippen LogP contribution is 2.13. The van der Waals surface area contributed by atoms with E-state index in [-0.39, 0.29) is 0 Å². The number of hydrogen-bond acceptors (Lipinski definition) is 3. The number of nitrogens with two attached hydrogens (primary N) is 1. The zero-order chi connectivity index (χ0) is 12.2. The van der Waals surface area contributed by atoms with E-state index in [1.165, 1.54) is 0 Å². The average Bonchev–Trinajstić information content (AvgIpc) is 2.16. The van der Waals surface area contributed by atoms with Crippen molar-refractivity contribution in [3.63, 3.8) is 0 Å². The molecule has 0 amide bonds. The van der Waals surface area contributed by atoms with Crippen molar-refractivity contribution in [3.05, 3.63) is 41.2 Å². The highest BCUT2D eigenvalue weighted by molar-refractivity contribution is 7.85. The van der Waals surface area contributed by atoms with Crippen molar-refractivity contribution in [1.29, 1.82) is 0 Å². The first-order chi connectivity index (χ1) is 7.40. The Balaban J connectivity index is 2.64. The molecule has 6 heteroatoms. The lowest BCUT2D eigenvalue weighted by molar-refractivity contribution is 0.476. The minimum atomic E-state index is -4.03. The van der Waals surface area contributed by atoms with Crippen LogP contribution in [0.25, 0.3) is 4.85 Å². The summed E-state index contributed by atoms with van der Waals surface area (Å²) in [6, 6.07) is 6.08.